The molecule has 3 heterocycles. The molecule has 2 nitrogen and oxygen atoms in total. The fourth-order valence-corrected chi connectivity index (χ4v) is 9.01. The summed E-state index contributed by atoms with van der Waals surface area (Å²) in [4.78, 5) is 0. The van der Waals surface area contributed by atoms with E-state index in [0.717, 1.165) is 44.2 Å². The molecule has 0 spiro atoms. The maximum absolute atomic E-state index is 6.56. The molecular formula is C46H26O2S. The van der Waals surface area contributed by atoms with Gasteiger partial charge in [-0.05, 0) is 80.2 Å². The van der Waals surface area contributed by atoms with Crippen molar-refractivity contribution in [3.63, 3.8) is 0 Å². The van der Waals surface area contributed by atoms with Gasteiger partial charge in [0.2, 0.25) is 0 Å². The van der Waals surface area contributed by atoms with E-state index in [4.69, 9.17) is 8.83 Å². The summed E-state index contributed by atoms with van der Waals surface area (Å²) in [6, 6.07) is 56.6. The van der Waals surface area contributed by atoms with Crippen LogP contribution in [0.4, 0.5) is 0 Å². The Bertz CT molecular complexity index is 3050. The largest absolute Gasteiger partial charge is 0.456 e. The van der Waals surface area contributed by atoms with Crippen LogP contribution in [-0.4, -0.2) is 0 Å². The number of thiophene rings is 1. The van der Waals surface area contributed by atoms with Gasteiger partial charge in [-0.3, -0.25) is 0 Å². The minimum absolute atomic E-state index is 0.822. The van der Waals surface area contributed by atoms with Crippen LogP contribution in [-0.2, 0) is 0 Å². The van der Waals surface area contributed by atoms with Crippen molar-refractivity contribution in [3.05, 3.63) is 158 Å². The molecule has 0 atom stereocenters. The topological polar surface area (TPSA) is 26.3 Å². The predicted octanol–water partition coefficient (Wildman–Crippen LogP) is 14.0. The molecule has 0 fully saturated rings. The number of hydrogen-bond donors (Lipinski definition) is 0. The average molecular weight is 643 g/mol. The van der Waals surface area contributed by atoms with Crippen molar-refractivity contribution in [2.45, 2.75) is 0 Å². The van der Waals surface area contributed by atoms with Crippen LogP contribution in [0.2, 0.25) is 0 Å². The molecule has 3 aromatic heterocycles. The van der Waals surface area contributed by atoms with Gasteiger partial charge in [-0.2, -0.15) is 0 Å². The van der Waals surface area contributed by atoms with E-state index < -0.39 is 0 Å². The van der Waals surface area contributed by atoms with E-state index in [1.54, 1.807) is 0 Å². The van der Waals surface area contributed by atoms with Gasteiger partial charge in [0.25, 0.3) is 0 Å². The molecule has 0 unspecified atom stereocenters. The Hall–Kier alpha value is -6.16. The molecule has 8 aromatic carbocycles. The van der Waals surface area contributed by atoms with E-state index in [0.29, 0.717) is 0 Å². The number of fused-ring (bicyclic) bond motifs is 9. The molecule has 49 heavy (non-hydrogen) atoms. The van der Waals surface area contributed by atoms with E-state index in [9.17, 15) is 0 Å². The maximum atomic E-state index is 6.56. The fourth-order valence-electron chi connectivity index (χ4n) is 7.92. The van der Waals surface area contributed by atoms with E-state index in [2.05, 4.69) is 133 Å². The highest BCUT2D eigenvalue weighted by atomic mass is 32.1. The van der Waals surface area contributed by atoms with Crippen molar-refractivity contribution in [2.75, 3.05) is 0 Å². The van der Waals surface area contributed by atoms with Gasteiger partial charge in [0, 0.05) is 48.0 Å². The molecular weight excluding hydrogens is 617 g/mol. The van der Waals surface area contributed by atoms with Crippen LogP contribution >= 0.6 is 11.3 Å². The van der Waals surface area contributed by atoms with Crippen LogP contribution in [0.1, 0.15) is 0 Å². The van der Waals surface area contributed by atoms with Crippen LogP contribution in [0.25, 0.3) is 108 Å². The zero-order chi connectivity index (χ0) is 32.1. The quantitative estimate of drug-likeness (QED) is 0.179. The molecule has 0 bridgehead atoms. The first-order valence-electron chi connectivity index (χ1n) is 16.6. The summed E-state index contributed by atoms with van der Waals surface area (Å²) in [6.07, 6.45) is 0. The molecule has 0 N–H and O–H groups in total. The second-order valence-electron chi connectivity index (χ2n) is 12.8. The van der Waals surface area contributed by atoms with Crippen LogP contribution < -0.4 is 0 Å². The van der Waals surface area contributed by atoms with Crippen molar-refractivity contribution in [3.8, 4) is 33.6 Å². The highest BCUT2D eigenvalue weighted by Gasteiger charge is 2.21. The lowest BCUT2D eigenvalue weighted by molar-refractivity contribution is 0.628. The van der Waals surface area contributed by atoms with Gasteiger partial charge in [0.1, 0.15) is 22.5 Å². The third kappa shape index (κ3) is 3.94. The lowest BCUT2D eigenvalue weighted by Gasteiger charge is -2.18. The normalized spacial score (nSPS) is 12.1. The van der Waals surface area contributed by atoms with Gasteiger partial charge in [0.15, 0.2) is 0 Å². The number of rotatable bonds is 3. The third-order valence-electron chi connectivity index (χ3n) is 10.1. The zero-order valence-electron chi connectivity index (χ0n) is 26.2. The van der Waals surface area contributed by atoms with Crippen molar-refractivity contribution >= 4 is 86.0 Å². The van der Waals surface area contributed by atoms with Gasteiger partial charge >= 0.3 is 0 Å². The maximum Gasteiger partial charge on any atom is 0.139 e. The van der Waals surface area contributed by atoms with E-state index in [1.807, 2.05) is 35.6 Å². The molecule has 0 aliphatic rings. The summed E-state index contributed by atoms with van der Waals surface area (Å²) in [7, 11) is 0. The second kappa shape index (κ2) is 10.2. The van der Waals surface area contributed by atoms with Crippen molar-refractivity contribution in [1.82, 2.24) is 0 Å². The number of benzene rings is 8. The fraction of sp³-hybridized carbons (Fsp3) is 0. The van der Waals surface area contributed by atoms with E-state index in [-0.39, 0.29) is 0 Å². The average Bonchev–Trinajstić information content (AvgIpc) is 3.85. The Morgan fingerprint density at radius 2 is 1.04 bits per heavy atom. The summed E-state index contributed by atoms with van der Waals surface area (Å²) in [5.74, 6) is 0.856. The molecule has 0 aliphatic heterocycles. The number of hydrogen-bond acceptors (Lipinski definition) is 3. The molecule has 0 saturated carbocycles. The van der Waals surface area contributed by atoms with E-state index >= 15 is 0 Å². The minimum Gasteiger partial charge on any atom is -0.456 e. The van der Waals surface area contributed by atoms with Crippen molar-refractivity contribution in [2.24, 2.45) is 0 Å². The summed E-state index contributed by atoms with van der Waals surface area (Å²) in [5, 5.41) is 10.8. The summed E-state index contributed by atoms with van der Waals surface area (Å²) in [5.41, 5.74) is 8.47. The van der Waals surface area contributed by atoms with Crippen LogP contribution in [0, 0.1) is 0 Å². The van der Waals surface area contributed by atoms with Gasteiger partial charge in [-0.15, -0.1) is 11.3 Å². The Morgan fingerprint density at radius 3 is 1.82 bits per heavy atom. The lowest BCUT2D eigenvalue weighted by atomic mass is 9.84. The lowest BCUT2D eigenvalue weighted by Crippen LogP contribution is -1.91. The van der Waals surface area contributed by atoms with E-state index in [1.165, 1.54) is 64.0 Å². The molecule has 3 heteroatoms. The first-order valence-corrected chi connectivity index (χ1v) is 17.4. The third-order valence-corrected chi connectivity index (χ3v) is 11.2. The van der Waals surface area contributed by atoms with Gasteiger partial charge in [0.05, 0.1) is 0 Å². The summed E-state index contributed by atoms with van der Waals surface area (Å²) in [6.45, 7) is 0. The standard InChI is InChI=1S/C46H26O2S/c1-2-11-27(12-3-1)39-25-29-24-37-41(26-40(29)48-39)47-38-19-10-18-35(46(37)38)45-33-16-6-4-14-31(33)44(32-15-5-7-17-34(32)45)28-21-22-43-36(23-28)30-13-8-9-20-42(30)49-43/h1-26H. The van der Waals surface area contributed by atoms with Gasteiger partial charge in [-0.1, -0.05) is 115 Å². The summed E-state index contributed by atoms with van der Waals surface area (Å²) < 4.78 is 15.5. The SMILES string of the molecule is c1ccc(-c2cc3cc4c(cc3o2)oc2cccc(-c3c5ccccc5c(-c5ccc6sc7ccccc7c6c5)c5ccccc35)c24)cc1. The first kappa shape index (κ1) is 26.9. The smallest absolute Gasteiger partial charge is 0.139 e. The Balaban J connectivity index is 1.20. The first-order chi connectivity index (χ1) is 24.3. The Morgan fingerprint density at radius 1 is 0.367 bits per heavy atom. The molecule has 11 rings (SSSR count). The Kier molecular flexibility index (Phi) is 5.57. The Labute approximate surface area is 285 Å². The monoisotopic (exact) mass is 642 g/mol. The van der Waals surface area contributed by atoms with Crippen LogP contribution in [0.5, 0.6) is 0 Å². The summed E-state index contributed by atoms with van der Waals surface area (Å²) >= 11 is 1.86. The molecule has 228 valence electrons. The molecule has 0 aliphatic carbocycles. The van der Waals surface area contributed by atoms with Gasteiger partial charge in [-0.25, -0.2) is 0 Å². The van der Waals surface area contributed by atoms with Gasteiger partial charge < -0.3 is 8.83 Å². The predicted molar refractivity (Wildman–Crippen MR) is 208 cm³/mol. The molecule has 11 aromatic rings. The molecule has 0 amide bonds. The van der Waals surface area contributed by atoms with Crippen LogP contribution in [0.3, 0.4) is 0 Å². The molecule has 0 radical (unpaired) electrons. The zero-order valence-corrected chi connectivity index (χ0v) is 27.1. The van der Waals surface area contributed by atoms with Crippen molar-refractivity contribution in [1.29, 1.82) is 0 Å². The number of furan rings is 2. The van der Waals surface area contributed by atoms with Crippen LogP contribution in [0.15, 0.2) is 167 Å². The van der Waals surface area contributed by atoms with Crippen molar-refractivity contribution < 1.29 is 8.83 Å². The molecule has 0 saturated heterocycles. The highest BCUT2D eigenvalue weighted by Crippen LogP contribution is 2.48. The second-order valence-corrected chi connectivity index (χ2v) is 13.9. The highest BCUT2D eigenvalue weighted by molar-refractivity contribution is 7.25. The minimum atomic E-state index is 0.822.